The zero-order valence-corrected chi connectivity index (χ0v) is 10.5. The molecular formula is CH10Cd2O2. The molecule has 0 aromatic carbocycles. The molecule has 0 amide bonds. The van der Waals surface area contributed by atoms with Gasteiger partial charge < -0.3 is 11.0 Å². The zero-order valence-electron chi connectivity index (χ0n) is 2.41. The van der Waals surface area contributed by atoms with Crippen molar-refractivity contribution in [3.05, 3.63) is 0 Å². The summed E-state index contributed by atoms with van der Waals surface area (Å²) in [4.78, 5) is 0. The molecule has 0 unspecified atom stereocenters. The van der Waals surface area contributed by atoms with Gasteiger partial charge in [0.05, 0.1) is 0 Å². The van der Waals surface area contributed by atoms with E-state index in [2.05, 4.69) is 0 Å². The van der Waals surface area contributed by atoms with Crippen molar-refractivity contribution in [3.8, 4) is 0 Å². The molecule has 0 aliphatic heterocycles. The first-order chi connectivity index (χ1) is 0. The topological polar surface area (TPSA) is 63.0 Å². The van der Waals surface area contributed by atoms with Crippen molar-refractivity contribution in [2.45, 2.75) is 7.43 Å². The van der Waals surface area contributed by atoms with Crippen molar-refractivity contribution in [1.82, 2.24) is 0 Å². The molecule has 4 heteroatoms. The molecule has 4 N–H and O–H groups in total. The Kier molecular flexibility index (Phi) is 607. The van der Waals surface area contributed by atoms with Gasteiger partial charge in [-0.3, -0.25) is 0 Å². The van der Waals surface area contributed by atoms with E-state index >= 15 is 0 Å². The largest absolute Gasteiger partial charge is 0.412 e. The Morgan fingerprint density at radius 3 is 0.800 bits per heavy atom. The summed E-state index contributed by atoms with van der Waals surface area (Å²) in [7, 11) is 0. The van der Waals surface area contributed by atoms with E-state index in [1.165, 1.54) is 0 Å². The molecule has 2 nitrogen and oxygen atoms in total. The SMILES string of the molecule is C.O.O.[Cd].[Cd].[HH]. The van der Waals surface area contributed by atoms with Crippen LogP contribution in [0.2, 0.25) is 0 Å². The number of hydrogen-bond acceptors (Lipinski definition) is 0. The Labute approximate surface area is 73.8 Å². The molecule has 0 bridgehead atoms. The second-order valence-corrected chi connectivity index (χ2v) is 0. The number of hydrogen-bond donors (Lipinski definition) is 0. The quantitative estimate of drug-likeness (QED) is 0.523. The Morgan fingerprint density at radius 1 is 0.800 bits per heavy atom. The van der Waals surface area contributed by atoms with E-state index in [1.807, 2.05) is 0 Å². The molecule has 0 heterocycles. The van der Waals surface area contributed by atoms with E-state index in [1.54, 1.807) is 0 Å². The molecule has 0 rings (SSSR count). The molecule has 0 saturated heterocycles. The van der Waals surface area contributed by atoms with Crippen LogP contribution in [0, 0.1) is 0 Å². The Balaban J connectivity index is 0. The monoisotopic (exact) mass is 282 g/mol. The Bertz CT molecular complexity index is 11.5. The van der Waals surface area contributed by atoms with Crippen LogP contribution in [0.4, 0.5) is 0 Å². The summed E-state index contributed by atoms with van der Waals surface area (Å²) >= 11 is 0. The summed E-state index contributed by atoms with van der Waals surface area (Å²) in [5.41, 5.74) is 0. The van der Waals surface area contributed by atoms with Gasteiger partial charge in [-0.1, -0.05) is 7.43 Å². The fraction of sp³-hybridized carbons (Fsp3) is 1.00. The van der Waals surface area contributed by atoms with Gasteiger partial charge in [-0.15, -0.1) is 0 Å². The minimum absolute atomic E-state index is 0. The van der Waals surface area contributed by atoms with Gasteiger partial charge in [0.1, 0.15) is 0 Å². The van der Waals surface area contributed by atoms with Crippen LogP contribution >= 0.6 is 0 Å². The average molecular weight is 279 g/mol. The van der Waals surface area contributed by atoms with Crippen molar-refractivity contribution in [3.63, 3.8) is 0 Å². The van der Waals surface area contributed by atoms with Crippen molar-refractivity contribution in [2.24, 2.45) is 0 Å². The zero-order chi connectivity index (χ0) is 0. The van der Waals surface area contributed by atoms with Gasteiger partial charge in [-0.2, -0.15) is 0 Å². The first-order valence-electron chi connectivity index (χ1n) is 0. The van der Waals surface area contributed by atoms with Gasteiger partial charge in [0.2, 0.25) is 0 Å². The molecule has 0 aliphatic rings. The van der Waals surface area contributed by atoms with Crippen molar-refractivity contribution < 1.29 is 67.0 Å². The minimum atomic E-state index is 0. The summed E-state index contributed by atoms with van der Waals surface area (Å²) in [6.45, 7) is 0. The molecule has 0 radical (unpaired) electrons. The third-order valence-electron chi connectivity index (χ3n) is 0. The van der Waals surface area contributed by atoms with Crippen LogP contribution in [0.5, 0.6) is 0 Å². The van der Waals surface area contributed by atoms with E-state index in [0.717, 1.165) is 0 Å². The average Bonchev–Trinajstić information content (AvgIpc) is 0. The third kappa shape index (κ3) is 26.2. The molecule has 0 aliphatic carbocycles. The number of rotatable bonds is 0. The summed E-state index contributed by atoms with van der Waals surface area (Å²) in [5.74, 6) is 0. The Morgan fingerprint density at radius 2 is 0.800 bits per heavy atom. The molecule has 0 spiro atoms. The Hall–Kier alpha value is 1.76. The van der Waals surface area contributed by atoms with E-state index in [9.17, 15) is 0 Å². The van der Waals surface area contributed by atoms with Crippen LogP contribution < -0.4 is 0 Å². The molecule has 5 heavy (non-hydrogen) atoms. The molecular weight excluding hydrogens is 269 g/mol. The smallest absolute Gasteiger partial charge is 0 e. The maximum Gasteiger partial charge on any atom is 0 e. The van der Waals surface area contributed by atoms with E-state index < -0.39 is 0 Å². The maximum absolute atomic E-state index is 0. The normalized spacial score (nSPS) is 0. The van der Waals surface area contributed by atoms with Crippen molar-refractivity contribution >= 4 is 0 Å². The fourth-order valence-electron chi connectivity index (χ4n) is 0. The summed E-state index contributed by atoms with van der Waals surface area (Å²) in [6, 6.07) is 0. The van der Waals surface area contributed by atoms with E-state index in [0.29, 0.717) is 0 Å². The first kappa shape index (κ1) is 72.2. The van der Waals surface area contributed by atoms with Crippen LogP contribution in [0.3, 0.4) is 0 Å². The van der Waals surface area contributed by atoms with Gasteiger partial charge in [-0.05, 0) is 0 Å². The van der Waals surface area contributed by atoms with Crippen molar-refractivity contribution in [1.29, 1.82) is 0 Å². The summed E-state index contributed by atoms with van der Waals surface area (Å²) in [6.07, 6.45) is 0. The molecule has 0 aromatic heterocycles. The van der Waals surface area contributed by atoms with Gasteiger partial charge in [-0.25, -0.2) is 0 Å². The van der Waals surface area contributed by atoms with Crippen LogP contribution in [-0.4, -0.2) is 11.0 Å². The molecule has 30 valence electrons. The van der Waals surface area contributed by atoms with Crippen LogP contribution in [-0.2, 0) is 54.6 Å². The van der Waals surface area contributed by atoms with E-state index in [4.69, 9.17) is 0 Å². The fourth-order valence-corrected chi connectivity index (χ4v) is 0. The van der Waals surface area contributed by atoms with Crippen LogP contribution in [0.25, 0.3) is 0 Å². The third-order valence-corrected chi connectivity index (χ3v) is 0. The molecule has 0 aromatic rings. The summed E-state index contributed by atoms with van der Waals surface area (Å²) in [5, 5.41) is 0. The van der Waals surface area contributed by atoms with E-state index in [-0.39, 0.29) is 74.4 Å². The second kappa shape index (κ2) is 42.0. The van der Waals surface area contributed by atoms with Crippen LogP contribution in [0.15, 0.2) is 0 Å². The predicted octanol–water partition coefficient (Wildman–Crippen LogP) is -0.772. The first-order valence-corrected chi connectivity index (χ1v) is 0. The minimum Gasteiger partial charge on any atom is -0.412 e. The summed E-state index contributed by atoms with van der Waals surface area (Å²) < 4.78 is 0. The maximum atomic E-state index is 0. The predicted molar refractivity (Wildman–Crippen MR) is 16.1 cm³/mol. The van der Waals surface area contributed by atoms with Gasteiger partial charge in [0.15, 0.2) is 0 Å². The van der Waals surface area contributed by atoms with Crippen molar-refractivity contribution in [2.75, 3.05) is 0 Å². The molecule has 0 saturated carbocycles. The second-order valence-electron chi connectivity index (χ2n) is 0. The van der Waals surface area contributed by atoms with Crippen LogP contribution in [0.1, 0.15) is 8.85 Å². The standard InChI is InChI=1S/CH4.2Cd.2H2O.H2/h1H4;;;2*1H2;1H. The molecule has 0 atom stereocenters. The van der Waals surface area contributed by atoms with Gasteiger partial charge >= 0.3 is 0 Å². The molecule has 0 fully saturated rings. The van der Waals surface area contributed by atoms with Gasteiger partial charge in [0, 0.05) is 56.0 Å². The van der Waals surface area contributed by atoms with Gasteiger partial charge in [0.25, 0.3) is 0 Å².